The third kappa shape index (κ3) is 6.37. The van der Waals surface area contributed by atoms with Crippen molar-refractivity contribution in [1.82, 2.24) is 15.3 Å². The molecule has 0 bridgehead atoms. The molecule has 26 heavy (non-hydrogen) atoms. The lowest BCUT2D eigenvalue weighted by molar-refractivity contribution is -0.119. The largest absolute Gasteiger partial charge is 0.423 e. The minimum atomic E-state index is -0.0753. The first kappa shape index (κ1) is 19.7. The Kier molecular flexibility index (Phi) is 6.97. The number of ether oxygens (including phenoxy) is 1. The summed E-state index contributed by atoms with van der Waals surface area (Å²) in [5.74, 6) is 0.414. The van der Waals surface area contributed by atoms with Crippen molar-refractivity contribution in [1.29, 1.82) is 0 Å². The molecular weight excluding hydrogens is 352 g/mol. The van der Waals surface area contributed by atoms with Crippen LogP contribution in [0.2, 0.25) is 5.02 Å². The maximum atomic E-state index is 11.0. The number of nitrogens with zero attached hydrogens (tertiary/aromatic N) is 2. The van der Waals surface area contributed by atoms with E-state index in [1.165, 1.54) is 6.92 Å². The maximum absolute atomic E-state index is 11.0. The summed E-state index contributed by atoms with van der Waals surface area (Å²) in [6.45, 7) is 7.48. The Labute approximate surface area is 158 Å². The van der Waals surface area contributed by atoms with Crippen LogP contribution in [0.3, 0.4) is 0 Å². The molecular formula is C19H23ClN4O2. The van der Waals surface area contributed by atoms with E-state index in [-0.39, 0.29) is 18.0 Å². The maximum Gasteiger partial charge on any atom is 0.321 e. The summed E-state index contributed by atoms with van der Waals surface area (Å²) < 4.78 is 5.64. The van der Waals surface area contributed by atoms with Crippen molar-refractivity contribution in [3.63, 3.8) is 0 Å². The van der Waals surface area contributed by atoms with Crippen molar-refractivity contribution in [2.24, 2.45) is 0 Å². The SMILES string of the molecule is CC(=O)N[C@@H](C)/C=C/c1cnc(Oc2ccc(NC(C)C)cc2Cl)nc1. The highest BCUT2D eigenvalue weighted by atomic mass is 35.5. The highest BCUT2D eigenvalue weighted by Gasteiger charge is 2.07. The molecule has 2 rings (SSSR count). The van der Waals surface area contributed by atoms with Crippen LogP contribution in [0.15, 0.2) is 36.7 Å². The van der Waals surface area contributed by atoms with Crippen LogP contribution >= 0.6 is 11.6 Å². The standard InChI is InChI=1S/C19H23ClN4O2/c1-12(2)23-16-7-8-18(17(20)9-16)26-19-21-10-15(11-22-19)6-5-13(3)24-14(4)25/h5-13,23H,1-4H3,(H,24,25)/b6-5+/t13-/m0/s1. The summed E-state index contributed by atoms with van der Waals surface area (Å²) in [7, 11) is 0. The summed E-state index contributed by atoms with van der Waals surface area (Å²) in [6, 6.07) is 5.93. The van der Waals surface area contributed by atoms with E-state index in [4.69, 9.17) is 16.3 Å². The summed E-state index contributed by atoms with van der Waals surface area (Å²) >= 11 is 6.25. The Morgan fingerprint density at radius 3 is 2.50 bits per heavy atom. The van der Waals surface area contributed by atoms with Gasteiger partial charge in [0.05, 0.1) is 5.02 Å². The molecule has 0 fully saturated rings. The molecule has 1 atom stereocenters. The Morgan fingerprint density at radius 2 is 1.92 bits per heavy atom. The normalized spacial score (nSPS) is 12.2. The first-order valence-electron chi connectivity index (χ1n) is 8.35. The van der Waals surface area contributed by atoms with E-state index in [0.717, 1.165) is 11.3 Å². The smallest absolute Gasteiger partial charge is 0.321 e. The Hall–Kier alpha value is -2.60. The van der Waals surface area contributed by atoms with Crippen molar-refractivity contribution in [2.45, 2.75) is 39.8 Å². The molecule has 138 valence electrons. The van der Waals surface area contributed by atoms with Crippen LogP contribution in [0.5, 0.6) is 11.8 Å². The molecule has 0 saturated heterocycles. The number of nitrogens with one attached hydrogen (secondary N) is 2. The topological polar surface area (TPSA) is 76.1 Å². The fourth-order valence-electron chi connectivity index (χ4n) is 2.19. The summed E-state index contributed by atoms with van der Waals surface area (Å²) in [5, 5.41) is 6.52. The fraction of sp³-hybridized carbons (Fsp3) is 0.316. The minimum absolute atomic E-state index is 0.0693. The van der Waals surface area contributed by atoms with Gasteiger partial charge in [-0.15, -0.1) is 0 Å². The lowest BCUT2D eigenvalue weighted by Gasteiger charge is -2.12. The molecule has 0 aliphatic heterocycles. The Balaban J connectivity index is 2.01. The number of carbonyl (C=O) groups excluding carboxylic acids is 1. The number of benzene rings is 1. The fourth-order valence-corrected chi connectivity index (χ4v) is 2.41. The number of amides is 1. The molecule has 0 aliphatic carbocycles. The molecule has 1 aromatic carbocycles. The van der Waals surface area contributed by atoms with E-state index in [9.17, 15) is 4.79 Å². The first-order valence-corrected chi connectivity index (χ1v) is 8.72. The number of hydrogen-bond acceptors (Lipinski definition) is 5. The molecule has 6 nitrogen and oxygen atoms in total. The highest BCUT2D eigenvalue weighted by Crippen LogP contribution is 2.30. The third-order valence-electron chi connectivity index (χ3n) is 3.24. The number of carbonyl (C=O) groups is 1. The van der Waals surface area contributed by atoms with Crippen LogP contribution in [0.4, 0.5) is 5.69 Å². The van der Waals surface area contributed by atoms with Gasteiger partial charge < -0.3 is 15.4 Å². The van der Waals surface area contributed by atoms with Crippen LogP contribution < -0.4 is 15.4 Å². The monoisotopic (exact) mass is 374 g/mol. The summed E-state index contributed by atoms with van der Waals surface area (Å²) in [6.07, 6.45) is 6.98. The van der Waals surface area contributed by atoms with E-state index in [1.807, 2.05) is 25.1 Å². The second-order valence-corrected chi connectivity index (χ2v) is 6.60. The van der Waals surface area contributed by atoms with E-state index in [0.29, 0.717) is 16.8 Å². The highest BCUT2D eigenvalue weighted by molar-refractivity contribution is 6.32. The Bertz CT molecular complexity index is 776. The Morgan fingerprint density at radius 1 is 1.23 bits per heavy atom. The summed E-state index contributed by atoms with van der Waals surface area (Å²) in [4.78, 5) is 19.3. The zero-order chi connectivity index (χ0) is 19.1. The number of aromatic nitrogens is 2. The predicted octanol–water partition coefficient (Wildman–Crippen LogP) is 4.28. The number of halogens is 1. The first-order chi connectivity index (χ1) is 12.3. The molecule has 0 radical (unpaired) electrons. The van der Waals surface area contributed by atoms with E-state index in [2.05, 4.69) is 34.4 Å². The van der Waals surface area contributed by atoms with Gasteiger partial charge in [-0.3, -0.25) is 4.79 Å². The van der Waals surface area contributed by atoms with Gasteiger partial charge in [-0.25, -0.2) is 9.97 Å². The van der Waals surface area contributed by atoms with Gasteiger partial charge in [0.2, 0.25) is 5.91 Å². The van der Waals surface area contributed by atoms with Crippen LogP contribution in [0.1, 0.15) is 33.3 Å². The second kappa shape index (κ2) is 9.20. The van der Waals surface area contributed by atoms with Gasteiger partial charge in [0, 0.05) is 42.7 Å². The van der Waals surface area contributed by atoms with E-state index < -0.39 is 0 Å². The van der Waals surface area contributed by atoms with Crippen molar-refractivity contribution >= 4 is 29.3 Å². The van der Waals surface area contributed by atoms with Gasteiger partial charge in [0.1, 0.15) is 5.75 Å². The van der Waals surface area contributed by atoms with Gasteiger partial charge >= 0.3 is 6.01 Å². The molecule has 0 spiro atoms. The van der Waals surface area contributed by atoms with Crippen LogP contribution in [0, 0.1) is 0 Å². The van der Waals surface area contributed by atoms with Crippen molar-refractivity contribution < 1.29 is 9.53 Å². The van der Waals surface area contributed by atoms with E-state index in [1.54, 1.807) is 24.5 Å². The van der Waals surface area contributed by atoms with E-state index >= 15 is 0 Å². The average molecular weight is 375 g/mol. The average Bonchev–Trinajstić information content (AvgIpc) is 2.55. The van der Waals surface area contributed by atoms with Crippen LogP contribution in [0.25, 0.3) is 6.08 Å². The van der Waals surface area contributed by atoms with Gasteiger partial charge in [-0.2, -0.15) is 0 Å². The molecule has 0 saturated carbocycles. The number of rotatable bonds is 7. The molecule has 2 N–H and O–H groups in total. The van der Waals surface area contributed by atoms with Gasteiger partial charge in [-0.1, -0.05) is 23.8 Å². The molecule has 1 amide bonds. The van der Waals surface area contributed by atoms with Gasteiger partial charge in [-0.05, 0) is 39.0 Å². The molecule has 0 unspecified atom stereocenters. The zero-order valence-corrected chi connectivity index (χ0v) is 16.0. The lowest BCUT2D eigenvalue weighted by atomic mass is 10.2. The molecule has 1 heterocycles. The van der Waals surface area contributed by atoms with Crippen molar-refractivity contribution in [2.75, 3.05) is 5.32 Å². The molecule has 7 heteroatoms. The quantitative estimate of drug-likeness (QED) is 0.756. The zero-order valence-electron chi connectivity index (χ0n) is 15.3. The lowest BCUT2D eigenvalue weighted by Crippen LogP contribution is -2.28. The van der Waals surface area contributed by atoms with Crippen LogP contribution in [-0.2, 0) is 4.79 Å². The number of hydrogen-bond donors (Lipinski definition) is 2. The second-order valence-electron chi connectivity index (χ2n) is 6.19. The number of anilines is 1. The van der Waals surface area contributed by atoms with Gasteiger partial charge in [0.25, 0.3) is 0 Å². The third-order valence-corrected chi connectivity index (χ3v) is 3.54. The van der Waals surface area contributed by atoms with Crippen molar-refractivity contribution in [3.05, 3.63) is 47.3 Å². The molecule has 0 aliphatic rings. The van der Waals surface area contributed by atoms with Crippen molar-refractivity contribution in [3.8, 4) is 11.8 Å². The molecule has 1 aromatic heterocycles. The molecule has 2 aromatic rings. The van der Waals surface area contributed by atoms with Crippen LogP contribution in [-0.4, -0.2) is 28.0 Å². The summed E-state index contributed by atoms with van der Waals surface area (Å²) in [5.41, 5.74) is 1.73. The van der Waals surface area contributed by atoms with Gasteiger partial charge in [0.15, 0.2) is 0 Å². The predicted molar refractivity (Wildman–Crippen MR) is 105 cm³/mol. The minimum Gasteiger partial charge on any atom is -0.423 e.